The van der Waals surface area contributed by atoms with Crippen molar-refractivity contribution in [2.75, 3.05) is 6.54 Å². The molecule has 3 atom stereocenters. The Morgan fingerprint density at radius 1 is 1.14 bits per heavy atom. The number of hydrogen-bond donors (Lipinski definition) is 1. The zero-order chi connectivity index (χ0) is 19.9. The summed E-state index contributed by atoms with van der Waals surface area (Å²) in [5.74, 6) is -0.752. The van der Waals surface area contributed by atoms with Crippen molar-refractivity contribution in [3.8, 4) is 0 Å². The van der Waals surface area contributed by atoms with Crippen molar-refractivity contribution in [3.63, 3.8) is 0 Å². The third-order valence-electron chi connectivity index (χ3n) is 6.09. The maximum absolute atomic E-state index is 12.6. The molecule has 6 nitrogen and oxygen atoms in total. The molecule has 1 heterocycles. The maximum atomic E-state index is 12.6. The van der Waals surface area contributed by atoms with Gasteiger partial charge in [-0.2, -0.15) is 0 Å². The van der Waals surface area contributed by atoms with Crippen LogP contribution in [0.4, 0.5) is 0 Å². The molecule has 3 aliphatic rings. The van der Waals surface area contributed by atoms with Gasteiger partial charge in [-0.1, -0.05) is 50.7 Å². The van der Waals surface area contributed by atoms with Crippen LogP contribution in [0.5, 0.6) is 0 Å². The minimum Gasteiger partial charge on any atom is -0.680 e. The second kappa shape index (κ2) is 11.5. The average Bonchev–Trinajstić information content (AvgIpc) is 2.73. The zero-order valence-electron chi connectivity index (χ0n) is 17.0. The molecular formula is C22H31N3NiO3. The van der Waals surface area contributed by atoms with Gasteiger partial charge in [0.2, 0.25) is 0 Å². The first kappa shape index (κ1) is 23.7. The van der Waals surface area contributed by atoms with Crippen molar-refractivity contribution in [1.82, 2.24) is 0 Å². The smallest absolute Gasteiger partial charge is 0.680 e. The van der Waals surface area contributed by atoms with Gasteiger partial charge in [-0.25, -0.2) is 4.79 Å². The van der Waals surface area contributed by atoms with Gasteiger partial charge in [-0.3, -0.25) is 4.99 Å². The van der Waals surface area contributed by atoms with Crippen molar-refractivity contribution >= 4 is 17.6 Å². The molecule has 29 heavy (non-hydrogen) atoms. The van der Waals surface area contributed by atoms with Crippen LogP contribution in [0.15, 0.2) is 28.9 Å². The molecule has 0 radical (unpaired) electrons. The van der Waals surface area contributed by atoms with Crippen molar-refractivity contribution in [2.24, 2.45) is 16.8 Å². The van der Waals surface area contributed by atoms with Gasteiger partial charge in [0.25, 0.3) is 0 Å². The first-order valence-electron chi connectivity index (χ1n) is 10.7. The Kier molecular flexibility index (Phi) is 9.41. The van der Waals surface area contributed by atoms with Crippen LogP contribution < -0.4 is 0 Å². The van der Waals surface area contributed by atoms with E-state index in [2.05, 4.69) is 15.6 Å². The van der Waals surface area contributed by atoms with E-state index < -0.39 is 12.0 Å². The van der Waals surface area contributed by atoms with Gasteiger partial charge < -0.3 is 20.5 Å². The summed E-state index contributed by atoms with van der Waals surface area (Å²) >= 11 is 0. The van der Waals surface area contributed by atoms with Crippen LogP contribution >= 0.6 is 0 Å². The predicted molar refractivity (Wildman–Crippen MR) is 111 cm³/mol. The van der Waals surface area contributed by atoms with E-state index in [0.717, 1.165) is 57.1 Å². The molecule has 3 unspecified atom stereocenters. The van der Waals surface area contributed by atoms with Crippen molar-refractivity contribution in [3.05, 3.63) is 34.6 Å². The van der Waals surface area contributed by atoms with Gasteiger partial charge in [0.05, 0.1) is 5.91 Å². The topological polar surface area (TPSA) is 94.9 Å². The molecule has 3 rings (SSSR count). The number of allylic oxidation sites excluding steroid dienone is 2. The second-order valence-corrected chi connectivity index (χ2v) is 8.12. The number of carbonyl (C=O) groups excluding carboxylic acids is 1. The van der Waals surface area contributed by atoms with Crippen molar-refractivity contribution in [2.45, 2.75) is 76.8 Å². The van der Waals surface area contributed by atoms with E-state index in [1.54, 1.807) is 13.0 Å². The Balaban J connectivity index is 0.00000300. The number of aliphatic carboxylic acids is 1. The molecule has 1 aliphatic heterocycles. The molecule has 0 aromatic heterocycles. The third kappa shape index (κ3) is 6.43. The van der Waals surface area contributed by atoms with E-state index in [-0.39, 0.29) is 34.4 Å². The van der Waals surface area contributed by atoms with E-state index in [9.17, 15) is 14.7 Å². The molecule has 0 spiro atoms. The van der Waals surface area contributed by atoms with Gasteiger partial charge in [-0.15, -0.1) is 24.4 Å². The Morgan fingerprint density at radius 2 is 1.83 bits per heavy atom. The van der Waals surface area contributed by atoms with E-state index in [4.69, 9.17) is 0 Å². The minimum atomic E-state index is -0.897. The molecule has 0 aromatic rings. The molecule has 0 saturated heterocycles. The fourth-order valence-electron chi connectivity index (χ4n) is 4.57. The number of carboxylic acids is 1. The molecule has 162 valence electrons. The quantitative estimate of drug-likeness (QED) is 0.473. The molecular weight excluding hydrogens is 413 g/mol. The van der Waals surface area contributed by atoms with E-state index in [1.807, 2.05) is 12.2 Å². The normalized spacial score (nSPS) is 26.5. The van der Waals surface area contributed by atoms with Gasteiger partial charge >= 0.3 is 22.5 Å². The number of aliphatic imine (C=N–C) groups is 1. The fourth-order valence-corrected chi connectivity index (χ4v) is 4.57. The second-order valence-electron chi connectivity index (χ2n) is 8.12. The first-order valence-corrected chi connectivity index (χ1v) is 10.7. The Morgan fingerprint density at radius 3 is 2.48 bits per heavy atom. The summed E-state index contributed by atoms with van der Waals surface area (Å²) in [6.07, 6.45) is 15.1. The van der Waals surface area contributed by atoms with Crippen molar-refractivity contribution in [1.29, 1.82) is 0 Å². The molecule has 2 fully saturated rings. The monoisotopic (exact) mass is 443 g/mol. The summed E-state index contributed by atoms with van der Waals surface area (Å²) in [4.78, 5) is 28.8. The SMILES string of the molecule is CC(N=C(C1CCCCC1)C1CCCCC1[N-]C(=O)C1=CC=CC[N-]1)C(=O)O.[Ni+2]. The average molecular weight is 444 g/mol. The first-order chi connectivity index (χ1) is 13.6. The number of carboxylic acid groups (broad SMARTS) is 1. The molecule has 2 aliphatic carbocycles. The number of amides is 1. The molecule has 2 saturated carbocycles. The summed E-state index contributed by atoms with van der Waals surface area (Å²) in [5, 5.41) is 18.2. The molecule has 7 heteroatoms. The van der Waals surface area contributed by atoms with Gasteiger partial charge in [0, 0.05) is 5.71 Å². The van der Waals surface area contributed by atoms with Crippen LogP contribution in [0.1, 0.15) is 64.7 Å². The summed E-state index contributed by atoms with van der Waals surface area (Å²) in [5.41, 5.74) is 1.42. The summed E-state index contributed by atoms with van der Waals surface area (Å²) < 4.78 is 0. The number of carbonyl (C=O) groups is 2. The van der Waals surface area contributed by atoms with Gasteiger partial charge in [-0.05, 0) is 38.0 Å². The van der Waals surface area contributed by atoms with Crippen molar-refractivity contribution < 1.29 is 31.2 Å². The van der Waals surface area contributed by atoms with Crippen LogP contribution in [-0.4, -0.2) is 41.3 Å². The standard InChI is InChI=1S/C22H32N3O3.Ni/c1-15(22(27)28)24-20(16-9-3-2-4-10-16)17-11-5-6-12-18(17)25-21(26)19-13-7-8-14-23-19;/h7-8,13,15-18H,2-6,9-12,14H2,1H3,(H2,25,26,27,28);/q-1;+2/p-1. The van der Waals surface area contributed by atoms with Crippen LogP contribution in [0.25, 0.3) is 10.6 Å². The van der Waals surface area contributed by atoms with Gasteiger partial charge in [0.15, 0.2) is 0 Å². The molecule has 0 bridgehead atoms. The molecule has 1 amide bonds. The summed E-state index contributed by atoms with van der Waals surface area (Å²) in [6, 6.07) is -0.874. The van der Waals surface area contributed by atoms with Crippen LogP contribution in [0.3, 0.4) is 0 Å². The Bertz CT molecular complexity index is 668. The number of rotatable bonds is 6. The predicted octanol–water partition coefficient (Wildman–Crippen LogP) is 4.76. The Labute approximate surface area is 183 Å². The van der Waals surface area contributed by atoms with Crippen LogP contribution in [0, 0.1) is 11.8 Å². The summed E-state index contributed by atoms with van der Waals surface area (Å²) in [6.45, 7) is 2.16. The molecule has 0 aromatic carbocycles. The third-order valence-corrected chi connectivity index (χ3v) is 6.09. The van der Waals surface area contributed by atoms with Gasteiger partial charge in [0.1, 0.15) is 6.04 Å². The van der Waals surface area contributed by atoms with Crippen LogP contribution in [0.2, 0.25) is 0 Å². The molecule has 1 N–H and O–H groups in total. The largest absolute Gasteiger partial charge is 2.00 e. The van der Waals surface area contributed by atoms with E-state index in [0.29, 0.717) is 18.2 Å². The fraction of sp³-hybridized carbons (Fsp3) is 0.682. The number of hydrogen-bond acceptors (Lipinski definition) is 3. The zero-order valence-corrected chi connectivity index (χ0v) is 18.0. The van der Waals surface area contributed by atoms with E-state index in [1.165, 1.54) is 6.42 Å². The summed E-state index contributed by atoms with van der Waals surface area (Å²) in [7, 11) is 0. The van der Waals surface area contributed by atoms with Crippen LogP contribution in [-0.2, 0) is 26.1 Å². The Hall–Kier alpha value is -1.62. The maximum Gasteiger partial charge on any atom is 2.00 e. The van der Waals surface area contributed by atoms with E-state index >= 15 is 0 Å². The number of nitrogens with zero attached hydrogens (tertiary/aromatic N) is 3. The minimum absolute atomic E-state index is 0.